The topological polar surface area (TPSA) is 20.3 Å². The molecule has 0 radical (unpaired) electrons. The third-order valence-electron chi connectivity index (χ3n) is 3.38. The zero-order chi connectivity index (χ0) is 14.8. The first kappa shape index (κ1) is 14.4. The molecule has 1 amide bonds. The van der Waals surface area contributed by atoms with Gasteiger partial charge in [0.1, 0.15) is 11.2 Å². The Morgan fingerprint density at radius 1 is 1.24 bits per heavy atom. The maximum atomic E-state index is 13.0. The van der Waals surface area contributed by atoms with Crippen molar-refractivity contribution >= 4 is 29.3 Å². The molecule has 1 aliphatic heterocycles. The Balaban J connectivity index is 1.87. The van der Waals surface area contributed by atoms with Gasteiger partial charge in [0, 0.05) is 22.9 Å². The second-order valence-electron chi connectivity index (χ2n) is 4.78. The van der Waals surface area contributed by atoms with Crippen LogP contribution >= 0.6 is 23.4 Å². The SMILES string of the molecule is O=C(c1ccc(F)cc1)N1CCS[C@@H]1c1cccc(Cl)c1. The zero-order valence-corrected chi connectivity index (χ0v) is 12.7. The van der Waals surface area contributed by atoms with Crippen molar-refractivity contribution in [1.29, 1.82) is 0 Å². The number of rotatable bonds is 2. The number of hydrogen-bond acceptors (Lipinski definition) is 2. The molecule has 21 heavy (non-hydrogen) atoms. The number of nitrogens with zero attached hydrogens (tertiary/aromatic N) is 1. The van der Waals surface area contributed by atoms with Gasteiger partial charge in [0.2, 0.25) is 0 Å². The first-order valence-corrected chi connectivity index (χ1v) is 8.01. The number of halogens is 2. The van der Waals surface area contributed by atoms with E-state index in [4.69, 9.17) is 11.6 Å². The highest BCUT2D eigenvalue weighted by molar-refractivity contribution is 7.99. The summed E-state index contributed by atoms with van der Waals surface area (Å²) >= 11 is 7.74. The Hall–Kier alpha value is -1.52. The van der Waals surface area contributed by atoms with Crippen LogP contribution < -0.4 is 0 Å². The van der Waals surface area contributed by atoms with E-state index in [1.807, 2.05) is 29.2 Å². The molecular weight excluding hydrogens is 309 g/mol. The van der Waals surface area contributed by atoms with Crippen LogP contribution in [-0.4, -0.2) is 23.1 Å². The van der Waals surface area contributed by atoms with Crippen LogP contribution in [0.15, 0.2) is 48.5 Å². The smallest absolute Gasteiger partial charge is 0.255 e. The quantitative estimate of drug-likeness (QED) is 0.818. The third-order valence-corrected chi connectivity index (χ3v) is 4.87. The third kappa shape index (κ3) is 3.06. The molecule has 0 unspecified atom stereocenters. The number of carbonyl (C=O) groups is 1. The van der Waals surface area contributed by atoms with E-state index >= 15 is 0 Å². The molecule has 108 valence electrons. The van der Waals surface area contributed by atoms with Crippen molar-refractivity contribution in [2.75, 3.05) is 12.3 Å². The van der Waals surface area contributed by atoms with Crippen molar-refractivity contribution in [3.8, 4) is 0 Å². The Kier molecular flexibility index (Phi) is 4.17. The summed E-state index contributed by atoms with van der Waals surface area (Å²) in [7, 11) is 0. The Morgan fingerprint density at radius 3 is 2.71 bits per heavy atom. The molecule has 0 N–H and O–H groups in total. The van der Waals surface area contributed by atoms with Gasteiger partial charge in [0.25, 0.3) is 5.91 Å². The molecule has 2 nitrogen and oxygen atoms in total. The molecule has 2 aromatic rings. The monoisotopic (exact) mass is 321 g/mol. The Labute approximate surface area is 131 Å². The van der Waals surface area contributed by atoms with E-state index in [1.165, 1.54) is 24.3 Å². The average molecular weight is 322 g/mol. The van der Waals surface area contributed by atoms with E-state index in [1.54, 1.807) is 11.8 Å². The van der Waals surface area contributed by atoms with Crippen molar-refractivity contribution < 1.29 is 9.18 Å². The van der Waals surface area contributed by atoms with Gasteiger partial charge >= 0.3 is 0 Å². The fourth-order valence-corrected chi connectivity index (χ4v) is 3.82. The highest BCUT2D eigenvalue weighted by Crippen LogP contribution is 2.39. The molecule has 5 heteroatoms. The largest absolute Gasteiger partial charge is 0.322 e. The van der Waals surface area contributed by atoms with Gasteiger partial charge in [-0.3, -0.25) is 4.79 Å². The lowest BCUT2D eigenvalue weighted by atomic mass is 10.1. The number of benzene rings is 2. The Morgan fingerprint density at radius 2 is 2.00 bits per heavy atom. The minimum Gasteiger partial charge on any atom is -0.322 e. The number of carbonyl (C=O) groups excluding carboxylic acids is 1. The minimum atomic E-state index is -0.339. The molecular formula is C16H13ClFNOS. The van der Waals surface area contributed by atoms with E-state index in [2.05, 4.69) is 0 Å². The van der Waals surface area contributed by atoms with Crippen LogP contribution in [0.2, 0.25) is 5.02 Å². The first-order valence-electron chi connectivity index (χ1n) is 6.59. The van der Waals surface area contributed by atoms with Gasteiger partial charge in [-0.2, -0.15) is 0 Å². The second kappa shape index (κ2) is 6.08. The number of thioether (sulfide) groups is 1. The van der Waals surface area contributed by atoms with Crippen molar-refractivity contribution in [3.63, 3.8) is 0 Å². The molecule has 1 saturated heterocycles. The summed E-state index contributed by atoms with van der Waals surface area (Å²) in [4.78, 5) is 14.4. The van der Waals surface area contributed by atoms with Gasteiger partial charge in [-0.05, 0) is 42.0 Å². The summed E-state index contributed by atoms with van der Waals surface area (Å²) < 4.78 is 13.0. The van der Waals surface area contributed by atoms with Crippen molar-refractivity contribution in [2.45, 2.75) is 5.37 Å². The van der Waals surface area contributed by atoms with E-state index in [0.717, 1.165) is 11.3 Å². The highest BCUT2D eigenvalue weighted by Gasteiger charge is 2.31. The average Bonchev–Trinajstić information content (AvgIpc) is 2.97. The zero-order valence-electron chi connectivity index (χ0n) is 11.1. The molecule has 0 aromatic heterocycles. The molecule has 2 aromatic carbocycles. The van der Waals surface area contributed by atoms with Gasteiger partial charge in [-0.1, -0.05) is 23.7 Å². The fraction of sp³-hybridized carbons (Fsp3) is 0.188. The van der Waals surface area contributed by atoms with Gasteiger partial charge < -0.3 is 4.90 Å². The summed E-state index contributed by atoms with van der Waals surface area (Å²) in [6, 6.07) is 13.2. The molecule has 0 aliphatic carbocycles. The number of amides is 1. The molecule has 1 heterocycles. The van der Waals surface area contributed by atoms with E-state index in [9.17, 15) is 9.18 Å². The maximum Gasteiger partial charge on any atom is 0.255 e. The van der Waals surface area contributed by atoms with Crippen molar-refractivity contribution in [3.05, 3.63) is 70.5 Å². The normalized spacial score (nSPS) is 18.0. The van der Waals surface area contributed by atoms with Crippen LogP contribution in [0.5, 0.6) is 0 Å². The second-order valence-corrected chi connectivity index (χ2v) is 6.41. The van der Waals surface area contributed by atoms with Crippen LogP contribution in [0.3, 0.4) is 0 Å². The summed E-state index contributed by atoms with van der Waals surface area (Å²) in [6.07, 6.45) is 0. The predicted molar refractivity (Wildman–Crippen MR) is 84.1 cm³/mol. The van der Waals surface area contributed by atoms with Crippen LogP contribution in [0.1, 0.15) is 21.3 Å². The van der Waals surface area contributed by atoms with Crippen LogP contribution in [0.4, 0.5) is 4.39 Å². The molecule has 1 atom stereocenters. The lowest BCUT2D eigenvalue weighted by molar-refractivity contribution is 0.0760. The van der Waals surface area contributed by atoms with Gasteiger partial charge in [0.15, 0.2) is 0 Å². The summed E-state index contributed by atoms with van der Waals surface area (Å²) in [6.45, 7) is 0.679. The predicted octanol–water partition coefficient (Wildman–Crippen LogP) is 4.37. The van der Waals surface area contributed by atoms with Gasteiger partial charge in [-0.15, -0.1) is 11.8 Å². The van der Waals surface area contributed by atoms with Crippen molar-refractivity contribution in [2.24, 2.45) is 0 Å². The molecule has 1 fully saturated rings. The summed E-state index contributed by atoms with van der Waals surface area (Å²) in [5.41, 5.74) is 1.52. The van der Waals surface area contributed by atoms with Crippen LogP contribution in [0, 0.1) is 5.82 Å². The van der Waals surface area contributed by atoms with E-state index in [0.29, 0.717) is 17.1 Å². The van der Waals surface area contributed by atoms with Gasteiger partial charge in [0.05, 0.1) is 0 Å². The maximum absolute atomic E-state index is 13.0. The van der Waals surface area contributed by atoms with Crippen LogP contribution in [0.25, 0.3) is 0 Å². The molecule has 0 spiro atoms. The standard InChI is InChI=1S/C16H13ClFNOS/c17-13-3-1-2-12(10-13)16-19(8-9-21-16)15(20)11-4-6-14(18)7-5-11/h1-7,10,16H,8-9H2/t16-/m1/s1. The molecule has 0 saturated carbocycles. The summed E-state index contributed by atoms with van der Waals surface area (Å²) in [5.74, 6) is 0.461. The lowest BCUT2D eigenvalue weighted by Crippen LogP contribution is -2.30. The van der Waals surface area contributed by atoms with Crippen LogP contribution in [-0.2, 0) is 0 Å². The highest BCUT2D eigenvalue weighted by atomic mass is 35.5. The minimum absolute atomic E-state index is 0.0405. The summed E-state index contributed by atoms with van der Waals surface area (Å²) in [5, 5.41) is 0.621. The lowest BCUT2D eigenvalue weighted by Gasteiger charge is -2.24. The van der Waals surface area contributed by atoms with Crippen molar-refractivity contribution in [1.82, 2.24) is 4.90 Å². The first-order chi connectivity index (χ1) is 10.1. The number of hydrogen-bond donors (Lipinski definition) is 0. The molecule has 3 rings (SSSR count). The fourth-order valence-electron chi connectivity index (χ4n) is 2.37. The molecule has 1 aliphatic rings. The van der Waals surface area contributed by atoms with Gasteiger partial charge in [-0.25, -0.2) is 4.39 Å². The van der Waals surface area contributed by atoms with E-state index in [-0.39, 0.29) is 17.1 Å². The molecule has 0 bridgehead atoms. The van der Waals surface area contributed by atoms with E-state index < -0.39 is 0 Å². The Bertz CT molecular complexity index is 662.